The molecule has 0 radical (unpaired) electrons. The standard InChI is InChI=1S/C13H9F3INO/c14-13(15,16)8-1-4-10(5-2-8)19-12-6-3-9(17)7-11(12)18/h1-7H,18H2. The average molecular weight is 379 g/mol. The lowest BCUT2D eigenvalue weighted by Crippen LogP contribution is -2.04. The number of rotatable bonds is 2. The number of hydrogen-bond donors (Lipinski definition) is 1. The molecular formula is C13H9F3INO. The fourth-order valence-corrected chi connectivity index (χ4v) is 1.97. The number of benzene rings is 2. The Bertz CT molecular complexity index is 581. The molecule has 100 valence electrons. The highest BCUT2D eigenvalue weighted by molar-refractivity contribution is 14.1. The molecule has 2 nitrogen and oxygen atoms in total. The van der Waals surface area contributed by atoms with Crippen molar-refractivity contribution in [1.29, 1.82) is 0 Å². The molecule has 0 aliphatic heterocycles. The van der Waals surface area contributed by atoms with Gasteiger partial charge >= 0.3 is 6.18 Å². The van der Waals surface area contributed by atoms with E-state index in [0.29, 0.717) is 17.2 Å². The van der Waals surface area contributed by atoms with E-state index in [1.165, 1.54) is 12.1 Å². The third kappa shape index (κ3) is 3.52. The van der Waals surface area contributed by atoms with E-state index < -0.39 is 11.7 Å². The van der Waals surface area contributed by atoms with Gasteiger partial charge in [0.2, 0.25) is 0 Å². The van der Waals surface area contributed by atoms with Crippen LogP contribution in [-0.2, 0) is 6.18 Å². The Labute approximate surface area is 121 Å². The zero-order chi connectivity index (χ0) is 14.0. The fraction of sp³-hybridized carbons (Fsp3) is 0.0769. The smallest absolute Gasteiger partial charge is 0.416 e. The molecule has 0 atom stereocenters. The van der Waals surface area contributed by atoms with Crippen LogP contribution in [0.25, 0.3) is 0 Å². The molecule has 0 saturated heterocycles. The molecule has 0 aliphatic carbocycles. The maximum atomic E-state index is 12.4. The Morgan fingerprint density at radius 3 is 2.16 bits per heavy atom. The molecule has 0 aromatic heterocycles. The first-order valence-corrected chi connectivity index (χ1v) is 6.34. The topological polar surface area (TPSA) is 35.2 Å². The molecule has 0 unspecified atom stereocenters. The molecule has 0 bridgehead atoms. The summed E-state index contributed by atoms with van der Waals surface area (Å²) < 4.78 is 43.6. The third-order valence-corrected chi connectivity index (χ3v) is 3.05. The van der Waals surface area contributed by atoms with E-state index in [1.54, 1.807) is 18.2 Å². The van der Waals surface area contributed by atoms with Crippen molar-refractivity contribution < 1.29 is 17.9 Å². The molecule has 2 aromatic rings. The van der Waals surface area contributed by atoms with Crippen LogP contribution in [0.3, 0.4) is 0 Å². The zero-order valence-electron chi connectivity index (χ0n) is 9.54. The van der Waals surface area contributed by atoms with Crippen molar-refractivity contribution in [2.75, 3.05) is 5.73 Å². The van der Waals surface area contributed by atoms with Crippen LogP contribution in [0.2, 0.25) is 0 Å². The van der Waals surface area contributed by atoms with Crippen molar-refractivity contribution in [3.8, 4) is 11.5 Å². The van der Waals surface area contributed by atoms with Crippen molar-refractivity contribution in [2.24, 2.45) is 0 Å². The number of hydrogen-bond acceptors (Lipinski definition) is 2. The highest BCUT2D eigenvalue weighted by atomic mass is 127. The summed E-state index contributed by atoms with van der Waals surface area (Å²) in [5, 5.41) is 0. The lowest BCUT2D eigenvalue weighted by Gasteiger charge is -2.10. The van der Waals surface area contributed by atoms with Gasteiger partial charge in [0.05, 0.1) is 11.3 Å². The minimum Gasteiger partial charge on any atom is -0.455 e. The van der Waals surface area contributed by atoms with Crippen LogP contribution in [-0.4, -0.2) is 0 Å². The van der Waals surface area contributed by atoms with Crippen LogP contribution in [0, 0.1) is 3.57 Å². The van der Waals surface area contributed by atoms with Crippen LogP contribution in [0.4, 0.5) is 18.9 Å². The van der Waals surface area contributed by atoms with Crippen molar-refractivity contribution >= 4 is 28.3 Å². The van der Waals surface area contributed by atoms with E-state index in [1.807, 2.05) is 0 Å². The highest BCUT2D eigenvalue weighted by Gasteiger charge is 2.30. The Morgan fingerprint density at radius 2 is 1.63 bits per heavy atom. The molecule has 0 amide bonds. The monoisotopic (exact) mass is 379 g/mol. The predicted molar refractivity (Wildman–Crippen MR) is 75.1 cm³/mol. The van der Waals surface area contributed by atoms with Gasteiger partial charge in [-0.05, 0) is 65.1 Å². The summed E-state index contributed by atoms with van der Waals surface area (Å²) in [6, 6.07) is 9.67. The van der Waals surface area contributed by atoms with E-state index >= 15 is 0 Å². The summed E-state index contributed by atoms with van der Waals surface area (Å²) in [6.45, 7) is 0. The van der Waals surface area contributed by atoms with E-state index in [9.17, 15) is 13.2 Å². The Kier molecular flexibility index (Phi) is 3.88. The highest BCUT2D eigenvalue weighted by Crippen LogP contribution is 2.32. The lowest BCUT2D eigenvalue weighted by molar-refractivity contribution is -0.137. The summed E-state index contributed by atoms with van der Waals surface area (Å²) in [6.07, 6.45) is -4.35. The number of ether oxygens (including phenoxy) is 1. The minimum atomic E-state index is -4.35. The first-order valence-electron chi connectivity index (χ1n) is 5.26. The summed E-state index contributed by atoms with van der Waals surface area (Å²) in [7, 11) is 0. The molecule has 6 heteroatoms. The number of alkyl halides is 3. The second-order valence-corrected chi connectivity index (χ2v) is 5.05. The van der Waals surface area contributed by atoms with Gasteiger partial charge in [0.25, 0.3) is 0 Å². The van der Waals surface area contributed by atoms with Gasteiger partial charge in [0.15, 0.2) is 0 Å². The molecule has 0 aliphatic rings. The predicted octanol–water partition coefficient (Wildman–Crippen LogP) is 4.68. The van der Waals surface area contributed by atoms with Gasteiger partial charge in [0.1, 0.15) is 11.5 Å². The molecule has 0 heterocycles. The van der Waals surface area contributed by atoms with E-state index in [4.69, 9.17) is 10.5 Å². The molecule has 2 aromatic carbocycles. The van der Waals surface area contributed by atoms with E-state index in [2.05, 4.69) is 22.6 Å². The second-order valence-electron chi connectivity index (χ2n) is 3.81. The number of nitrogen functional groups attached to an aromatic ring is 1. The number of anilines is 1. The number of halogens is 4. The van der Waals surface area contributed by atoms with Crippen LogP contribution in [0.5, 0.6) is 11.5 Å². The van der Waals surface area contributed by atoms with Gasteiger partial charge in [-0.2, -0.15) is 13.2 Å². The van der Waals surface area contributed by atoms with Crippen LogP contribution < -0.4 is 10.5 Å². The molecular weight excluding hydrogens is 370 g/mol. The minimum absolute atomic E-state index is 0.306. The van der Waals surface area contributed by atoms with Gasteiger partial charge in [-0.1, -0.05) is 0 Å². The third-order valence-electron chi connectivity index (χ3n) is 2.38. The van der Waals surface area contributed by atoms with E-state index in [0.717, 1.165) is 15.7 Å². The molecule has 0 spiro atoms. The van der Waals surface area contributed by atoms with Crippen molar-refractivity contribution in [2.45, 2.75) is 6.18 Å². The molecule has 19 heavy (non-hydrogen) atoms. The van der Waals surface area contributed by atoms with Crippen molar-refractivity contribution in [1.82, 2.24) is 0 Å². The fourth-order valence-electron chi connectivity index (χ4n) is 1.45. The largest absolute Gasteiger partial charge is 0.455 e. The maximum absolute atomic E-state index is 12.4. The van der Waals surface area contributed by atoms with Gasteiger partial charge in [-0.3, -0.25) is 0 Å². The SMILES string of the molecule is Nc1cc(I)ccc1Oc1ccc(C(F)(F)F)cc1. The lowest BCUT2D eigenvalue weighted by atomic mass is 10.2. The van der Waals surface area contributed by atoms with Gasteiger partial charge in [0, 0.05) is 3.57 Å². The quantitative estimate of drug-likeness (QED) is 0.607. The summed E-state index contributed by atoms with van der Waals surface area (Å²) >= 11 is 2.11. The van der Waals surface area contributed by atoms with Gasteiger partial charge in [-0.15, -0.1) is 0 Å². The van der Waals surface area contributed by atoms with Gasteiger partial charge < -0.3 is 10.5 Å². The number of nitrogens with two attached hydrogens (primary N) is 1. The summed E-state index contributed by atoms with van der Waals surface area (Å²) in [5.41, 5.74) is 5.48. The molecule has 2 rings (SSSR count). The van der Waals surface area contributed by atoms with Gasteiger partial charge in [-0.25, -0.2) is 0 Å². The molecule has 2 N–H and O–H groups in total. The molecule has 0 saturated carbocycles. The summed E-state index contributed by atoms with van der Waals surface area (Å²) in [4.78, 5) is 0. The molecule has 0 fully saturated rings. The van der Waals surface area contributed by atoms with Crippen LogP contribution in [0.1, 0.15) is 5.56 Å². The average Bonchev–Trinajstić information content (AvgIpc) is 2.32. The Morgan fingerprint density at radius 1 is 1.00 bits per heavy atom. The van der Waals surface area contributed by atoms with Crippen molar-refractivity contribution in [3.05, 3.63) is 51.6 Å². The first-order chi connectivity index (χ1) is 8.86. The van der Waals surface area contributed by atoms with E-state index in [-0.39, 0.29) is 0 Å². The van der Waals surface area contributed by atoms with Crippen molar-refractivity contribution in [3.63, 3.8) is 0 Å². The Hall–Kier alpha value is -1.44. The second kappa shape index (κ2) is 5.28. The maximum Gasteiger partial charge on any atom is 0.416 e. The van der Waals surface area contributed by atoms with Crippen LogP contribution in [0.15, 0.2) is 42.5 Å². The summed E-state index contributed by atoms with van der Waals surface area (Å²) in [5.74, 6) is 0.723. The zero-order valence-corrected chi connectivity index (χ0v) is 11.7. The normalized spacial score (nSPS) is 11.4. The Balaban J connectivity index is 2.20. The van der Waals surface area contributed by atoms with Crippen LogP contribution >= 0.6 is 22.6 Å². The first kappa shape index (κ1) is 14.0.